The van der Waals surface area contributed by atoms with Gasteiger partial charge in [0.15, 0.2) is 9.04 Å². The number of aryl methyl sites for hydroxylation is 1. The zero-order valence-corrected chi connectivity index (χ0v) is 16.5. The Morgan fingerprint density at radius 2 is 1.96 bits per heavy atom. The van der Waals surface area contributed by atoms with Crippen LogP contribution in [0.1, 0.15) is 48.7 Å². The maximum atomic E-state index is 11.7. The fourth-order valence-corrected chi connectivity index (χ4v) is 4.82. The zero-order valence-electron chi connectivity index (χ0n) is 15.3. The van der Waals surface area contributed by atoms with E-state index in [2.05, 4.69) is 39.9 Å². The summed E-state index contributed by atoms with van der Waals surface area (Å²) >= 11 is 0. The molecule has 0 aromatic heterocycles. The van der Waals surface area contributed by atoms with Gasteiger partial charge in [0.25, 0.3) is 0 Å². The average molecular weight is 335 g/mol. The molecule has 23 heavy (non-hydrogen) atoms. The van der Waals surface area contributed by atoms with Crippen LogP contribution in [0.2, 0.25) is 13.1 Å². The van der Waals surface area contributed by atoms with Crippen molar-refractivity contribution in [3.8, 4) is 0 Å². The van der Waals surface area contributed by atoms with Crippen molar-refractivity contribution in [1.29, 1.82) is 0 Å². The Morgan fingerprint density at radius 1 is 1.26 bits per heavy atom. The molecule has 0 saturated heterocycles. The van der Waals surface area contributed by atoms with Crippen LogP contribution in [0.15, 0.2) is 18.2 Å². The summed E-state index contributed by atoms with van der Waals surface area (Å²) in [5, 5.41) is 0. The molecule has 0 N–H and O–H groups in total. The van der Waals surface area contributed by atoms with E-state index < -0.39 is 9.04 Å². The van der Waals surface area contributed by atoms with Crippen LogP contribution in [0, 0.1) is 11.3 Å². The van der Waals surface area contributed by atoms with Gasteiger partial charge < -0.3 is 9.16 Å². The number of hydrogen-bond donors (Lipinski definition) is 0. The number of carbonyl (C=O) groups is 1. The molecule has 3 nitrogen and oxygen atoms in total. The molecule has 0 fully saturated rings. The second-order valence-electron chi connectivity index (χ2n) is 7.95. The summed E-state index contributed by atoms with van der Waals surface area (Å²) in [5.41, 5.74) is 3.46. The van der Waals surface area contributed by atoms with Gasteiger partial charge in [-0.3, -0.25) is 0 Å². The first kappa shape index (κ1) is 18.2. The third kappa shape index (κ3) is 4.45. The highest BCUT2D eigenvalue weighted by Crippen LogP contribution is 2.37. The molecular weight excluding hydrogens is 304 g/mol. The number of hydrogen-bond acceptors (Lipinski definition) is 3. The van der Waals surface area contributed by atoms with E-state index in [1.54, 1.807) is 0 Å². The number of fused-ring (bicyclic) bond motifs is 1. The minimum Gasteiger partial charge on any atom is -0.465 e. The highest BCUT2D eigenvalue weighted by molar-refractivity contribution is 6.48. The summed E-state index contributed by atoms with van der Waals surface area (Å²) < 4.78 is 11.2. The first-order chi connectivity index (χ1) is 10.7. The summed E-state index contributed by atoms with van der Waals surface area (Å²) in [6.07, 6.45) is 3.49. The van der Waals surface area contributed by atoms with Crippen LogP contribution in [0.25, 0.3) is 0 Å². The highest BCUT2D eigenvalue weighted by atomic mass is 28.3. The molecule has 4 heteroatoms. The third-order valence-corrected chi connectivity index (χ3v) is 5.43. The minimum atomic E-state index is -1.07. The number of benzene rings is 1. The van der Waals surface area contributed by atoms with Gasteiger partial charge in [-0.2, -0.15) is 0 Å². The Hall–Kier alpha value is -1.13. The van der Waals surface area contributed by atoms with E-state index in [0.29, 0.717) is 17.6 Å². The Labute approximate surface area is 142 Å². The van der Waals surface area contributed by atoms with E-state index in [1.807, 2.05) is 12.1 Å². The van der Waals surface area contributed by atoms with Crippen LogP contribution in [0.3, 0.4) is 0 Å². The molecule has 2 atom stereocenters. The van der Waals surface area contributed by atoms with Crippen LogP contribution in [0.5, 0.6) is 0 Å². The van der Waals surface area contributed by atoms with Gasteiger partial charge in [-0.15, -0.1) is 0 Å². The van der Waals surface area contributed by atoms with E-state index >= 15 is 0 Å². The van der Waals surface area contributed by atoms with Gasteiger partial charge in [0.05, 0.1) is 18.8 Å². The fraction of sp³-hybridized carbons (Fsp3) is 0.632. The average Bonchev–Trinajstić information content (AvgIpc) is 2.49. The van der Waals surface area contributed by atoms with Crippen molar-refractivity contribution < 1.29 is 14.0 Å². The van der Waals surface area contributed by atoms with E-state index in [-0.39, 0.29) is 11.4 Å². The molecular formula is C19H30O3Si. The first-order valence-corrected chi connectivity index (χ1v) is 11.4. The number of methoxy groups -OCH3 is 1. The van der Waals surface area contributed by atoms with Gasteiger partial charge >= 0.3 is 5.97 Å². The Morgan fingerprint density at radius 3 is 2.52 bits per heavy atom. The molecule has 2 rings (SSSR count). The first-order valence-electron chi connectivity index (χ1n) is 8.58. The van der Waals surface area contributed by atoms with Gasteiger partial charge in [-0.1, -0.05) is 26.8 Å². The molecule has 128 valence electrons. The lowest BCUT2D eigenvalue weighted by Gasteiger charge is -2.40. The lowest BCUT2D eigenvalue weighted by Crippen LogP contribution is -2.41. The molecule has 1 aliphatic carbocycles. The minimum absolute atomic E-state index is 0.158. The van der Waals surface area contributed by atoms with Crippen molar-refractivity contribution in [3.05, 3.63) is 34.9 Å². The van der Waals surface area contributed by atoms with Gasteiger partial charge in [-0.25, -0.2) is 4.79 Å². The van der Waals surface area contributed by atoms with Crippen LogP contribution in [-0.2, 0) is 22.0 Å². The predicted octanol–water partition coefficient (Wildman–Crippen LogP) is 3.99. The lowest BCUT2D eigenvalue weighted by molar-refractivity contribution is 0.0271. The molecule has 1 aromatic rings. The van der Waals surface area contributed by atoms with Crippen molar-refractivity contribution in [1.82, 2.24) is 0 Å². The summed E-state index contributed by atoms with van der Waals surface area (Å²) in [7, 11) is 0.357. The normalized spacial score (nSPS) is 19.3. The molecule has 0 radical (unpaired) electrons. The molecule has 0 spiro atoms. The Balaban J connectivity index is 2.20. The third-order valence-electron chi connectivity index (χ3n) is 4.59. The van der Waals surface area contributed by atoms with Crippen molar-refractivity contribution >= 4 is 15.0 Å². The smallest absolute Gasteiger partial charge is 0.337 e. The van der Waals surface area contributed by atoms with Gasteiger partial charge in [-0.05, 0) is 66.9 Å². The SMILES string of the molecule is COC(=O)c1ccc2c(c1)CCC(C(O[SiH](C)C)C(C)(C)C)C2. The summed E-state index contributed by atoms with van der Waals surface area (Å²) in [4.78, 5) is 11.7. The second-order valence-corrected chi connectivity index (χ2v) is 10.3. The Bertz CT molecular complexity index is 560. The van der Waals surface area contributed by atoms with Crippen LogP contribution < -0.4 is 0 Å². The maximum absolute atomic E-state index is 11.7. The van der Waals surface area contributed by atoms with Crippen molar-refractivity contribution in [2.75, 3.05) is 7.11 Å². The molecule has 0 aliphatic heterocycles. The van der Waals surface area contributed by atoms with Crippen LogP contribution >= 0.6 is 0 Å². The van der Waals surface area contributed by atoms with Gasteiger partial charge in [0, 0.05) is 0 Å². The molecule has 0 heterocycles. The van der Waals surface area contributed by atoms with E-state index in [1.165, 1.54) is 18.2 Å². The van der Waals surface area contributed by atoms with Gasteiger partial charge in [0.2, 0.25) is 0 Å². The summed E-state index contributed by atoms with van der Waals surface area (Å²) in [5.74, 6) is 0.304. The zero-order chi connectivity index (χ0) is 17.2. The fourth-order valence-electron chi connectivity index (χ4n) is 3.60. The summed E-state index contributed by atoms with van der Waals surface area (Å²) in [6.45, 7) is 11.3. The molecule has 0 amide bonds. The molecule has 0 saturated carbocycles. The van der Waals surface area contributed by atoms with E-state index in [0.717, 1.165) is 19.3 Å². The van der Waals surface area contributed by atoms with Crippen LogP contribution in [-0.4, -0.2) is 28.2 Å². The van der Waals surface area contributed by atoms with Gasteiger partial charge in [0.1, 0.15) is 0 Å². The largest absolute Gasteiger partial charge is 0.465 e. The highest BCUT2D eigenvalue weighted by Gasteiger charge is 2.35. The number of ether oxygens (including phenoxy) is 1. The number of rotatable bonds is 4. The second kappa shape index (κ2) is 7.18. The molecule has 1 aromatic carbocycles. The molecule has 1 aliphatic rings. The van der Waals surface area contributed by atoms with Crippen molar-refractivity contribution in [2.45, 2.75) is 59.2 Å². The van der Waals surface area contributed by atoms with Crippen molar-refractivity contribution in [3.63, 3.8) is 0 Å². The lowest BCUT2D eigenvalue weighted by atomic mass is 9.73. The van der Waals surface area contributed by atoms with Crippen molar-refractivity contribution in [2.24, 2.45) is 11.3 Å². The van der Waals surface area contributed by atoms with Crippen LogP contribution in [0.4, 0.5) is 0 Å². The summed E-state index contributed by atoms with van der Waals surface area (Å²) in [6, 6.07) is 5.99. The number of carbonyl (C=O) groups excluding carboxylic acids is 1. The van der Waals surface area contributed by atoms with E-state index in [4.69, 9.17) is 9.16 Å². The Kier molecular flexibility index (Phi) is 5.68. The monoisotopic (exact) mass is 334 g/mol. The number of esters is 1. The standard InChI is InChI=1S/C19H30O3Si/c1-19(2,3)17(22-23(5)6)15-9-7-14-12-16(18(20)21-4)10-8-13(14)11-15/h8,10,12,15,17,23H,7,9,11H2,1-6H3. The quantitative estimate of drug-likeness (QED) is 0.617. The predicted molar refractivity (Wildman–Crippen MR) is 96.5 cm³/mol. The maximum Gasteiger partial charge on any atom is 0.337 e. The molecule has 2 unspecified atom stereocenters. The molecule has 0 bridgehead atoms. The topological polar surface area (TPSA) is 35.5 Å². The van der Waals surface area contributed by atoms with E-state index in [9.17, 15) is 4.79 Å².